The van der Waals surface area contributed by atoms with Crippen LogP contribution in [0.3, 0.4) is 0 Å². The van der Waals surface area contributed by atoms with Gasteiger partial charge in [-0.2, -0.15) is 0 Å². The van der Waals surface area contributed by atoms with Gasteiger partial charge < -0.3 is 4.79 Å². The van der Waals surface area contributed by atoms with Crippen molar-refractivity contribution >= 4 is 6.29 Å². The molecule has 0 amide bonds. The van der Waals surface area contributed by atoms with E-state index >= 15 is 0 Å². The molecule has 0 saturated heterocycles. The third-order valence-corrected chi connectivity index (χ3v) is 1.98. The largest absolute Gasteiger partial charge is 0.303 e. The quantitative estimate of drug-likeness (QED) is 0.428. The highest BCUT2D eigenvalue weighted by Gasteiger charge is 2.37. The van der Waals surface area contributed by atoms with Crippen LogP contribution in [0.15, 0.2) is 24.3 Å². The summed E-state index contributed by atoms with van der Waals surface area (Å²) in [6.07, 6.45) is 5.84. The Bertz CT molecular complexity index is 179. The summed E-state index contributed by atoms with van der Waals surface area (Å²) in [6, 6.07) is 0. The molecule has 1 saturated carbocycles. The monoisotopic (exact) mass is 136 g/mol. The minimum atomic E-state index is 0.302. The van der Waals surface area contributed by atoms with Gasteiger partial charge in [-0.05, 0) is 19.3 Å². The molecule has 1 aliphatic carbocycles. The second kappa shape index (κ2) is 2.82. The summed E-state index contributed by atoms with van der Waals surface area (Å²) in [6.45, 7) is 5.65. The minimum Gasteiger partial charge on any atom is -0.303 e. The summed E-state index contributed by atoms with van der Waals surface area (Å²) in [5, 5.41) is 0. The first-order chi connectivity index (χ1) is 4.79. The molecular formula is C9H12O. The fourth-order valence-electron chi connectivity index (χ4n) is 1.20. The number of rotatable bonds is 3. The second-order valence-corrected chi connectivity index (χ2v) is 2.79. The van der Waals surface area contributed by atoms with Crippen LogP contribution < -0.4 is 0 Å². The van der Waals surface area contributed by atoms with Crippen LogP contribution >= 0.6 is 0 Å². The van der Waals surface area contributed by atoms with Crippen molar-refractivity contribution in [2.75, 3.05) is 0 Å². The summed E-state index contributed by atoms with van der Waals surface area (Å²) in [7, 11) is 0. The van der Waals surface area contributed by atoms with E-state index in [9.17, 15) is 4.79 Å². The predicted molar refractivity (Wildman–Crippen MR) is 41.6 cm³/mol. The zero-order valence-corrected chi connectivity index (χ0v) is 6.21. The lowest BCUT2D eigenvalue weighted by molar-refractivity contribution is -0.109. The van der Waals surface area contributed by atoms with E-state index in [1.807, 2.05) is 6.08 Å². The Morgan fingerprint density at radius 2 is 2.40 bits per heavy atom. The molecule has 1 heteroatoms. The lowest BCUT2D eigenvalue weighted by atomic mass is 10.1. The van der Waals surface area contributed by atoms with Crippen molar-refractivity contribution in [3.63, 3.8) is 0 Å². The molecule has 0 aromatic rings. The zero-order valence-electron chi connectivity index (χ0n) is 6.21. The Balaban J connectivity index is 2.46. The van der Waals surface area contributed by atoms with Gasteiger partial charge >= 0.3 is 0 Å². The number of carbonyl (C=O) groups is 1. The zero-order chi connectivity index (χ0) is 7.56. The average Bonchev–Trinajstić information content (AvgIpc) is 2.66. The van der Waals surface area contributed by atoms with Crippen LogP contribution in [0, 0.1) is 11.8 Å². The number of allylic oxidation sites excluding steroid dienone is 3. The maximum Gasteiger partial charge on any atom is 0.123 e. The van der Waals surface area contributed by atoms with Crippen molar-refractivity contribution in [1.82, 2.24) is 0 Å². The Kier molecular flexibility index (Phi) is 2.05. The van der Waals surface area contributed by atoms with Crippen LogP contribution in [0.4, 0.5) is 0 Å². The molecule has 0 aromatic heterocycles. The Hall–Kier alpha value is -0.850. The second-order valence-electron chi connectivity index (χ2n) is 2.79. The Morgan fingerprint density at radius 3 is 2.80 bits per heavy atom. The van der Waals surface area contributed by atoms with Gasteiger partial charge in [-0.15, -0.1) is 0 Å². The molecular weight excluding hydrogens is 124 g/mol. The fraction of sp³-hybridized carbons (Fsp3) is 0.444. The summed E-state index contributed by atoms with van der Waals surface area (Å²) in [4.78, 5) is 10.2. The van der Waals surface area contributed by atoms with Crippen LogP contribution in [0.1, 0.15) is 13.3 Å². The minimum absolute atomic E-state index is 0.302. The van der Waals surface area contributed by atoms with E-state index in [-0.39, 0.29) is 0 Å². The van der Waals surface area contributed by atoms with Gasteiger partial charge in [0.05, 0.1) is 0 Å². The molecule has 1 fully saturated rings. The van der Waals surface area contributed by atoms with Gasteiger partial charge in [0.1, 0.15) is 6.29 Å². The van der Waals surface area contributed by atoms with E-state index in [0.29, 0.717) is 11.8 Å². The van der Waals surface area contributed by atoms with Crippen LogP contribution in [0.2, 0.25) is 0 Å². The first-order valence-corrected chi connectivity index (χ1v) is 3.54. The van der Waals surface area contributed by atoms with Gasteiger partial charge in [-0.3, -0.25) is 0 Å². The van der Waals surface area contributed by atoms with Crippen molar-refractivity contribution in [3.05, 3.63) is 24.3 Å². The van der Waals surface area contributed by atoms with Crippen molar-refractivity contribution in [1.29, 1.82) is 0 Å². The molecule has 0 spiro atoms. The predicted octanol–water partition coefficient (Wildman–Crippen LogP) is 1.95. The SMILES string of the molecule is C=C/C=C(\C)C1CC1C=O. The Morgan fingerprint density at radius 1 is 1.70 bits per heavy atom. The van der Waals surface area contributed by atoms with Gasteiger partial charge in [0.2, 0.25) is 0 Å². The molecule has 1 aliphatic rings. The van der Waals surface area contributed by atoms with Gasteiger partial charge in [0.25, 0.3) is 0 Å². The molecule has 0 aromatic carbocycles. The normalized spacial score (nSPS) is 31.5. The third-order valence-electron chi connectivity index (χ3n) is 1.98. The van der Waals surface area contributed by atoms with E-state index in [1.165, 1.54) is 5.57 Å². The topological polar surface area (TPSA) is 17.1 Å². The molecule has 1 nitrogen and oxygen atoms in total. The fourth-order valence-corrected chi connectivity index (χ4v) is 1.20. The molecule has 54 valence electrons. The molecule has 0 aliphatic heterocycles. The maximum atomic E-state index is 10.2. The smallest absolute Gasteiger partial charge is 0.123 e. The van der Waals surface area contributed by atoms with E-state index < -0.39 is 0 Å². The van der Waals surface area contributed by atoms with Crippen LogP contribution in [-0.4, -0.2) is 6.29 Å². The van der Waals surface area contributed by atoms with Crippen molar-refractivity contribution in [2.24, 2.45) is 11.8 Å². The van der Waals surface area contributed by atoms with Crippen LogP contribution in [0.25, 0.3) is 0 Å². The summed E-state index contributed by atoms with van der Waals surface area (Å²) in [5.74, 6) is 0.826. The molecule has 1 rings (SSSR count). The number of hydrogen-bond acceptors (Lipinski definition) is 1. The Labute approximate surface area is 61.4 Å². The molecule has 10 heavy (non-hydrogen) atoms. The van der Waals surface area contributed by atoms with Crippen molar-refractivity contribution in [2.45, 2.75) is 13.3 Å². The number of carbonyl (C=O) groups excluding carboxylic acids is 1. The lowest BCUT2D eigenvalue weighted by Crippen LogP contribution is -1.84. The average molecular weight is 136 g/mol. The van der Waals surface area contributed by atoms with E-state index in [2.05, 4.69) is 13.5 Å². The van der Waals surface area contributed by atoms with Crippen molar-refractivity contribution in [3.8, 4) is 0 Å². The molecule has 0 N–H and O–H groups in total. The molecule has 0 radical (unpaired) electrons. The highest BCUT2D eigenvalue weighted by Crippen LogP contribution is 2.42. The van der Waals surface area contributed by atoms with Gasteiger partial charge in [0.15, 0.2) is 0 Å². The first-order valence-electron chi connectivity index (χ1n) is 3.54. The maximum absolute atomic E-state index is 10.2. The van der Waals surface area contributed by atoms with Gasteiger partial charge in [-0.25, -0.2) is 0 Å². The molecule has 0 bridgehead atoms. The summed E-state index contributed by atoms with van der Waals surface area (Å²) in [5.41, 5.74) is 1.28. The highest BCUT2D eigenvalue weighted by molar-refractivity contribution is 5.59. The standard InChI is InChI=1S/C9H12O/c1-3-4-7(2)9-5-8(9)6-10/h3-4,6,8-9H,1,5H2,2H3/b7-4+. The van der Waals surface area contributed by atoms with Gasteiger partial charge in [0, 0.05) is 5.92 Å². The number of hydrogen-bond donors (Lipinski definition) is 0. The van der Waals surface area contributed by atoms with Gasteiger partial charge in [-0.1, -0.05) is 24.3 Å². The van der Waals surface area contributed by atoms with E-state index in [0.717, 1.165) is 12.7 Å². The molecule has 0 heterocycles. The lowest BCUT2D eigenvalue weighted by Gasteiger charge is -1.92. The molecule has 2 atom stereocenters. The van der Waals surface area contributed by atoms with E-state index in [4.69, 9.17) is 0 Å². The van der Waals surface area contributed by atoms with Crippen molar-refractivity contribution < 1.29 is 4.79 Å². The summed E-state index contributed by atoms with van der Waals surface area (Å²) >= 11 is 0. The van der Waals surface area contributed by atoms with Crippen LogP contribution in [0.5, 0.6) is 0 Å². The van der Waals surface area contributed by atoms with Crippen LogP contribution in [-0.2, 0) is 4.79 Å². The highest BCUT2D eigenvalue weighted by atomic mass is 16.1. The molecule has 2 unspecified atom stereocenters. The summed E-state index contributed by atoms with van der Waals surface area (Å²) < 4.78 is 0. The number of aldehydes is 1. The third kappa shape index (κ3) is 1.35. The first kappa shape index (κ1) is 7.26. The van der Waals surface area contributed by atoms with E-state index in [1.54, 1.807) is 6.08 Å².